The molecule has 1 saturated heterocycles. The lowest BCUT2D eigenvalue weighted by Gasteiger charge is -2.39. The molecule has 2 N–H and O–H groups in total. The van der Waals surface area contributed by atoms with Gasteiger partial charge in [0.1, 0.15) is 12.2 Å². The first-order valence-corrected chi connectivity index (χ1v) is 11.9. The van der Waals surface area contributed by atoms with Gasteiger partial charge in [0, 0.05) is 49.4 Å². The van der Waals surface area contributed by atoms with Crippen LogP contribution >= 0.6 is 0 Å². The highest BCUT2D eigenvalue weighted by Crippen LogP contribution is 2.36. The zero-order valence-corrected chi connectivity index (χ0v) is 19.5. The van der Waals surface area contributed by atoms with Gasteiger partial charge < -0.3 is 15.2 Å². The van der Waals surface area contributed by atoms with E-state index >= 15 is 0 Å². The number of pyridine rings is 2. The number of H-pyrrole nitrogens is 1. The highest BCUT2D eigenvalue weighted by atomic mass is 19.4. The molecule has 1 saturated carbocycles. The van der Waals surface area contributed by atoms with Crippen LogP contribution in [0.4, 0.5) is 23.2 Å². The number of carbonyl (C=O) groups excluding carboxylic acids is 1. The number of aromatic nitrogens is 2. The van der Waals surface area contributed by atoms with Crippen LogP contribution in [0.15, 0.2) is 29.1 Å². The molecule has 0 aromatic carbocycles. The summed E-state index contributed by atoms with van der Waals surface area (Å²) in [5.41, 5.74) is 1.60. The van der Waals surface area contributed by atoms with E-state index in [4.69, 9.17) is 0 Å². The first-order valence-electron chi connectivity index (χ1n) is 11.9. The van der Waals surface area contributed by atoms with E-state index in [-0.39, 0.29) is 11.2 Å². The van der Waals surface area contributed by atoms with Crippen molar-refractivity contribution in [1.29, 1.82) is 0 Å². The van der Waals surface area contributed by atoms with Crippen molar-refractivity contribution in [2.45, 2.75) is 50.7 Å². The zero-order valence-electron chi connectivity index (χ0n) is 19.5. The number of aromatic amines is 1. The van der Waals surface area contributed by atoms with Crippen LogP contribution in [-0.2, 0) is 6.42 Å². The smallest absolute Gasteiger partial charge is 0.365 e. The van der Waals surface area contributed by atoms with Crippen molar-refractivity contribution < 1.29 is 22.4 Å². The molecule has 1 aliphatic heterocycles. The number of rotatable bonds is 6. The monoisotopic (exact) mass is 495 g/mol. The normalized spacial score (nSPS) is 21.3. The van der Waals surface area contributed by atoms with Crippen LogP contribution in [0.5, 0.6) is 0 Å². The Morgan fingerprint density at radius 3 is 2.51 bits per heavy atom. The number of hydrogen-bond acceptors (Lipinski definition) is 5. The average Bonchev–Trinajstić information content (AvgIpc) is 3.32. The predicted octanol–water partition coefficient (Wildman–Crippen LogP) is 3.22. The summed E-state index contributed by atoms with van der Waals surface area (Å²) in [7, 11) is 0. The van der Waals surface area contributed by atoms with Crippen LogP contribution in [-0.4, -0.2) is 65.7 Å². The highest BCUT2D eigenvalue weighted by Gasteiger charge is 2.33. The van der Waals surface area contributed by atoms with Gasteiger partial charge in [0.15, 0.2) is 0 Å². The predicted molar refractivity (Wildman–Crippen MR) is 123 cm³/mol. The quantitative estimate of drug-likeness (QED) is 0.475. The van der Waals surface area contributed by atoms with Crippen molar-refractivity contribution in [2.24, 2.45) is 0 Å². The standard InChI is InChI=1S/C24H29F4N5O2/c1-2-15-4-6-18(31-22(15)34)16-3-5-17(13-16)32-9-11-33(12-10-32)20-8-7-19(30-21(20)25)23(35)29-14-24(26,27)28/h4,6-8,16-17H,2-3,5,9-14H2,1H3,(H,29,35)(H,31,34)/t16-,17-/m1/s1. The first kappa shape index (κ1) is 25.2. The first-order chi connectivity index (χ1) is 16.6. The molecule has 2 aromatic heterocycles. The fourth-order valence-electron chi connectivity index (χ4n) is 5.00. The minimum atomic E-state index is -4.55. The van der Waals surface area contributed by atoms with Gasteiger partial charge in [0.25, 0.3) is 11.5 Å². The summed E-state index contributed by atoms with van der Waals surface area (Å²) in [6.07, 6.45) is -0.858. The van der Waals surface area contributed by atoms with Gasteiger partial charge in [-0.25, -0.2) is 4.98 Å². The average molecular weight is 496 g/mol. The van der Waals surface area contributed by atoms with Gasteiger partial charge >= 0.3 is 6.18 Å². The molecule has 0 radical (unpaired) electrons. The van der Waals surface area contributed by atoms with E-state index in [2.05, 4.69) is 14.9 Å². The molecule has 0 unspecified atom stereocenters. The Balaban J connectivity index is 1.31. The number of nitrogens with one attached hydrogen (secondary N) is 2. The molecule has 1 amide bonds. The molecule has 2 aromatic rings. The molecule has 3 heterocycles. The number of piperazine rings is 1. The third-order valence-corrected chi connectivity index (χ3v) is 6.92. The zero-order chi connectivity index (χ0) is 25.2. The maximum Gasteiger partial charge on any atom is 0.405 e. The minimum absolute atomic E-state index is 0.0125. The second kappa shape index (κ2) is 10.3. The number of aryl methyl sites for hydroxylation is 1. The number of nitrogens with zero attached hydrogens (tertiary/aromatic N) is 3. The summed E-state index contributed by atoms with van der Waals surface area (Å²) in [6.45, 7) is 3.07. The molecular formula is C24H29F4N5O2. The second-order valence-electron chi connectivity index (χ2n) is 9.11. The summed E-state index contributed by atoms with van der Waals surface area (Å²) < 4.78 is 51.4. The lowest BCUT2D eigenvalue weighted by atomic mass is 10.0. The molecule has 1 aliphatic carbocycles. The van der Waals surface area contributed by atoms with Crippen molar-refractivity contribution in [3.63, 3.8) is 0 Å². The van der Waals surface area contributed by atoms with Gasteiger partial charge in [-0.05, 0) is 43.9 Å². The van der Waals surface area contributed by atoms with E-state index in [1.165, 1.54) is 12.1 Å². The maximum absolute atomic E-state index is 14.6. The molecule has 190 valence electrons. The van der Waals surface area contributed by atoms with Crippen LogP contribution < -0.4 is 15.8 Å². The second-order valence-corrected chi connectivity index (χ2v) is 9.11. The molecule has 2 atom stereocenters. The molecule has 2 aliphatic rings. The number of amides is 1. The van der Waals surface area contributed by atoms with E-state index in [1.807, 2.05) is 24.0 Å². The molecule has 11 heteroatoms. The van der Waals surface area contributed by atoms with Crippen LogP contribution in [0.1, 0.15) is 53.8 Å². The summed E-state index contributed by atoms with van der Waals surface area (Å²) in [4.78, 5) is 34.8. The lowest BCUT2D eigenvalue weighted by Crippen LogP contribution is -2.50. The minimum Gasteiger partial charge on any atom is -0.365 e. The Bertz CT molecular complexity index is 1110. The number of alkyl halides is 3. The molecular weight excluding hydrogens is 466 g/mol. The Labute approximate surface area is 200 Å². The Morgan fingerprint density at radius 1 is 1.14 bits per heavy atom. The van der Waals surface area contributed by atoms with Crippen molar-refractivity contribution in [3.8, 4) is 0 Å². The van der Waals surface area contributed by atoms with Crippen LogP contribution in [0, 0.1) is 5.95 Å². The third-order valence-electron chi connectivity index (χ3n) is 6.92. The fraction of sp³-hybridized carbons (Fsp3) is 0.542. The van der Waals surface area contributed by atoms with Crippen molar-refractivity contribution in [2.75, 3.05) is 37.6 Å². The molecule has 2 fully saturated rings. The number of carbonyl (C=O) groups is 1. The van der Waals surface area contributed by atoms with Gasteiger partial charge in [-0.2, -0.15) is 17.6 Å². The van der Waals surface area contributed by atoms with Crippen LogP contribution in [0.3, 0.4) is 0 Å². The Morgan fingerprint density at radius 2 is 1.89 bits per heavy atom. The maximum atomic E-state index is 14.6. The van der Waals surface area contributed by atoms with Gasteiger partial charge in [0.05, 0.1) is 5.69 Å². The Kier molecular flexibility index (Phi) is 7.44. The lowest BCUT2D eigenvalue weighted by molar-refractivity contribution is -0.123. The highest BCUT2D eigenvalue weighted by molar-refractivity contribution is 5.92. The van der Waals surface area contributed by atoms with E-state index in [0.717, 1.165) is 43.6 Å². The number of anilines is 1. The van der Waals surface area contributed by atoms with E-state index in [0.29, 0.717) is 31.5 Å². The topological polar surface area (TPSA) is 81.3 Å². The van der Waals surface area contributed by atoms with Crippen LogP contribution in [0.2, 0.25) is 0 Å². The van der Waals surface area contributed by atoms with Gasteiger partial charge in [0.2, 0.25) is 5.95 Å². The molecule has 35 heavy (non-hydrogen) atoms. The fourth-order valence-corrected chi connectivity index (χ4v) is 5.00. The molecule has 0 bridgehead atoms. The number of hydrogen-bond donors (Lipinski definition) is 2. The van der Waals surface area contributed by atoms with Crippen LogP contribution in [0.25, 0.3) is 0 Å². The van der Waals surface area contributed by atoms with Crippen molar-refractivity contribution >= 4 is 11.6 Å². The van der Waals surface area contributed by atoms with Gasteiger partial charge in [-0.3, -0.25) is 14.5 Å². The summed E-state index contributed by atoms with van der Waals surface area (Å²) in [5, 5.41) is 1.69. The summed E-state index contributed by atoms with van der Waals surface area (Å²) in [6, 6.07) is 6.95. The van der Waals surface area contributed by atoms with Gasteiger partial charge in [-0.15, -0.1) is 0 Å². The summed E-state index contributed by atoms with van der Waals surface area (Å²) >= 11 is 0. The summed E-state index contributed by atoms with van der Waals surface area (Å²) in [5.74, 6) is -1.63. The largest absolute Gasteiger partial charge is 0.405 e. The van der Waals surface area contributed by atoms with Crippen molar-refractivity contribution in [3.05, 3.63) is 57.5 Å². The molecule has 7 nitrogen and oxygen atoms in total. The SMILES string of the molecule is CCc1ccc([C@@H]2CC[C@@H](N3CCN(c4ccc(C(=O)NCC(F)(F)F)nc4F)CC3)C2)[nH]c1=O. The molecule has 0 spiro atoms. The van der Waals surface area contributed by atoms with E-state index in [1.54, 1.807) is 5.32 Å². The third kappa shape index (κ3) is 6.01. The van der Waals surface area contributed by atoms with Gasteiger partial charge in [-0.1, -0.05) is 13.0 Å². The Hall–Kier alpha value is -2.95. The van der Waals surface area contributed by atoms with E-state index in [9.17, 15) is 27.2 Å². The van der Waals surface area contributed by atoms with Crippen molar-refractivity contribution in [1.82, 2.24) is 20.2 Å². The number of halogens is 4. The molecule has 4 rings (SSSR count). The van der Waals surface area contributed by atoms with E-state index < -0.39 is 30.3 Å².